The molecule has 6 rings (SSSR count). The lowest BCUT2D eigenvalue weighted by Crippen LogP contribution is -2.26. The molecule has 1 fully saturated rings. The molecule has 1 N–H and O–H groups in total. The van der Waals surface area contributed by atoms with Crippen molar-refractivity contribution < 1.29 is 9.53 Å². The van der Waals surface area contributed by atoms with Crippen LogP contribution in [-0.2, 0) is 4.79 Å². The summed E-state index contributed by atoms with van der Waals surface area (Å²) in [5, 5.41) is 7.48. The van der Waals surface area contributed by atoms with Crippen LogP contribution in [0.4, 0.5) is 17.3 Å². The van der Waals surface area contributed by atoms with E-state index >= 15 is 0 Å². The number of carbonyl (C=O) groups excluding carboxylic acids is 1. The predicted molar refractivity (Wildman–Crippen MR) is 153 cm³/mol. The van der Waals surface area contributed by atoms with Crippen molar-refractivity contribution in [2.24, 2.45) is 5.92 Å². The molecular formula is C29H29N9O2. The van der Waals surface area contributed by atoms with Crippen molar-refractivity contribution in [1.29, 1.82) is 0 Å². The highest BCUT2D eigenvalue weighted by molar-refractivity contribution is 6.08. The fourth-order valence-electron chi connectivity index (χ4n) is 4.73. The average molecular weight is 536 g/mol. The predicted octanol–water partition coefficient (Wildman–Crippen LogP) is 4.38. The van der Waals surface area contributed by atoms with E-state index in [9.17, 15) is 4.79 Å². The number of rotatable bonds is 7. The Morgan fingerprint density at radius 1 is 1.10 bits per heavy atom. The maximum atomic E-state index is 13.2. The molecule has 0 aliphatic carbocycles. The topological polar surface area (TPSA) is 114 Å². The van der Waals surface area contributed by atoms with Crippen LogP contribution in [0, 0.1) is 12.8 Å². The number of amides is 1. The number of aryl methyl sites for hydroxylation is 1. The lowest BCUT2D eigenvalue weighted by Gasteiger charge is -2.16. The van der Waals surface area contributed by atoms with Gasteiger partial charge in [0.05, 0.1) is 5.52 Å². The van der Waals surface area contributed by atoms with E-state index < -0.39 is 0 Å². The molecule has 0 spiro atoms. The molecule has 1 aromatic carbocycles. The van der Waals surface area contributed by atoms with E-state index in [2.05, 4.69) is 32.3 Å². The number of hydrogen-bond acceptors (Lipinski definition) is 9. The van der Waals surface area contributed by atoms with E-state index in [1.54, 1.807) is 9.42 Å². The summed E-state index contributed by atoms with van der Waals surface area (Å²) >= 11 is 0. The first-order chi connectivity index (χ1) is 19.4. The third-order valence-corrected chi connectivity index (χ3v) is 6.82. The number of benzene rings is 1. The third kappa shape index (κ3) is 4.94. The van der Waals surface area contributed by atoms with Gasteiger partial charge in [-0.15, -0.1) is 0 Å². The number of ether oxygens (including phenoxy) is 1. The minimum atomic E-state index is -0.0121. The van der Waals surface area contributed by atoms with Crippen LogP contribution in [0.2, 0.25) is 0 Å². The molecule has 0 saturated carbocycles. The van der Waals surface area contributed by atoms with Crippen LogP contribution < -0.4 is 15.0 Å². The van der Waals surface area contributed by atoms with Gasteiger partial charge in [0.25, 0.3) is 5.91 Å². The first kappa shape index (κ1) is 25.4. The summed E-state index contributed by atoms with van der Waals surface area (Å²) in [5.41, 5.74) is 4.56. The summed E-state index contributed by atoms with van der Waals surface area (Å²) in [7, 11) is 3.97. The van der Waals surface area contributed by atoms with Gasteiger partial charge in [-0.05, 0) is 63.0 Å². The number of pyridine rings is 2. The molecule has 202 valence electrons. The largest absolute Gasteiger partial charge is 0.457 e. The Morgan fingerprint density at radius 3 is 2.80 bits per heavy atom. The summed E-state index contributed by atoms with van der Waals surface area (Å²) in [6.07, 6.45) is 6.82. The second-order valence-corrected chi connectivity index (χ2v) is 10.1. The molecule has 4 aromatic heterocycles. The van der Waals surface area contributed by atoms with E-state index in [0.717, 1.165) is 22.6 Å². The highest BCUT2D eigenvalue weighted by atomic mass is 16.5. The zero-order valence-electron chi connectivity index (χ0n) is 22.7. The van der Waals surface area contributed by atoms with Crippen LogP contribution in [0.25, 0.3) is 16.7 Å². The number of nitrogens with zero attached hydrogens (tertiary/aromatic N) is 8. The maximum Gasteiger partial charge on any atom is 0.255 e. The fraction of sp³-hybridized carbons (Fsp3) is 0.241. The van der Waals surface area contributed by atoms with Crippen molar-refractivity contribution in [3.63, 3.8) is 0 Å². The molecule has 1 unspecified atom stereocenters. The highest BCUT2D eigenvalue weighted by Gasteiger charge is 2.34. The number of aromatic nitrogens is 6. The molecule has 0 radical (unpaired) electrons. The summed E-state index contributed by atoms with van der Waals surface area (Å²) in [6, 6.07) is 13.2. The number of carbonyl (C=O) groups is 1. The Balaban J connectivity index is 1.24. The molecule has 1 aliphatic heterocycles. The third-order valence-electron chi connectivity index (χ3n) is 6.82. The van der Waals surface area contributed by atoms with Gasteiger partial charge in [-0.2, -0.15) is 5.10 Å². The first-order valence-electron chi connectivity index (χ1n) is 13.0. The van der Waals surface area contributed by atoms with Crippen molar-refractivity contribution in [2.75, 3.05) is 37.4 Å². The van der Waals surface area contributed by atoms with Crippen molar-refractivity contribution in [3.05, 3.63) is 78.5 Å². The molecule has 1 aliphatic rings. The molecule has 11 nitrogen and oxygen atoms in total. The normalized spacial score (nSPS) is 16.5. The van der Waals surface area contributed by atoms with Crippen molar-refractivity contribution in [3.8, 4) is 11.5 Å². The van der Waals surface area contributed by atoms with Crippen LogP contribution in [0.5, 0.6) is 11.5 Å². The van der Waals surface area contributed by atoms with Gasteiger partial charge in [-0.3, -0.25) is 9.69 Å². The SMILES string of the molecule is Cc1cc(Nc2ncnc3ccc(N4CC(C)/C(=C\CN(C)C)C4=O)nc23)ccc1Oc1ccn2ncnc2c1. The highest BCUT2D eigenvalue weighted by Crippen LogP contribution is 2.32. The molecule has 11 heteroatoms. The molecule has 40 heavy (non-hydrogen) atoms. The monoisotopic (exact) mass is 535 g/mol. The summed E-state index contributed by atoms with van der Waals surface area (Å²) in [4.78, 5) is 34.9. The van der Waals surface area contributed by atoms with Gasteiger partial charge in [0.15, 0.2) is 11.5 Å². The van der Waals surface area contributed by atoms with Gasteiger partial charge in [-0.1, -0.05) is 13.0 Å². The summed E-state index contributed by atoms with van der Waals surface area (Å²) < 4.78 is 7.78. The zero-order valence-corrected chi connectivity index (χ0v) is 22.7. The Bertz CT molecular complexity index is 1760. The van der Waals surface area contributed by atoms with E-state index in [1.807, 2.05) is 80.7 Å². The smallest absolute Gasteiger partial charge is 0.255 e. The van der Waals surface area contributed by atoms with Gasteiger partial charge >= 0.3 is 0 Å². The van der Waals surface area contributed by atoms with Crippen molar-refractivity contribution in [1.82, 2.24) is 34.4 Å². The molecule has 5 heterocycles. The first-order valence-corrected chi connectivity index (χ1v) is 13.0. The molecule has 1 saturated heterocycles. The lowest BCUT2D eigenvalue weighted by molar-refractivity contribution is -0.114. The Morgan fingerprint density at radius 2 is 1.98 bits per heavy atom. The number of likely N-dealkylation sites (N-methyl/N-ethyl adjacent to an activating group) is 1. The second-order valence-electron chi connectivity index (χ2n) is 10.1. The van der Waals surface area contributed by atoms with Crippen LogP contribution >= 0.6 is 0 Å². The summed E-state index contributed by atoms with van der Waals surface area (Å²) in [6.45, 7) is 5.34. The second kappa shape index (κ2) is 10.3. The average Bonchev–Trinajstić information content (AvgIpc) is 3.52. The standard InChI is InChI=1S/C29H29N9O2/c1-18-13-20(5-7-24(18)40-21-9-12-38-26(14-21)31-17-33-38)34-28-27-23(30-16-32-28)6-8-25(35-27)37-15-19(2)22(29(37)39)10-11-36(3)4/h5-10,12-14,16-17,19H,11,15H2,1-4H3,(H,30,32,34)/b22-10+. The zero-order chi connectivity index (χ0) is 27.8. The molecule has 5 aromatic rings. The van der Waals surface area contributed by atoms with E-state index in [4.69, 9.17) is 9.72 Å². The number of hydrogen-bond donors (Lipinski definition) is 1. The maximum absolute atomic E-state index is 13.2. The van der Waals surface area contributed by atoms with E-state index in [1.165, 1.54) is 12.7 Å². The fourth-order valence-corrected chi connectivity index (χ4v) is 4.73. The van der Waals surface area contributed by atoms with E-state index in [-0.39, 0.29) is 11.8 Å². The Hall–Kier alpha value is -4.90. The van der Waals surface area contributed by atoms with Crippen LogP contribution in [-0.4, -0.2) is 67.5 Å². The Labute approximate surface area is 231 Å². The molecule has 0 bridgehead atoms. The van der Waals surface area contributed by atoms with Gasteiger partial charge in [-0.25, -0.2) is 24.5 Å². The van der Waals surface area contributed by atoms with Crippen molar-refractivity contribution >= 4 is 39.9 Å². The van der Waals surface area contributed by atoms with Gasteiger partial charge in [0, 0.05) is 42.5 Å². The van der Waals surface area contributed by atoms with Gasteiger partial charge in [0.2, 0.25) is 0 Å². The van der Waals surface area contributed by atoms with Gasteiger partial charge < -0.3 is 15.0 Å². The molecule has 1 amide bonds. The van der Waals surface area contributed by atoms with E-state index in [0.29, 0.717) is 47.2 Å². The number of nitrogens with one attached hydrogen (secondary N) is 1. The minimum Gasteiger partial charge on any atom is -0.457 e. The van der Waals surface area contributed by atoms with Crippen LogP contribution in [0.15, 0.2) is 73.0 Å². The van der Waals surface area contributed by atoms with Crippen LogP contribution in [0.1, 0.15) is 12.5 Å². The van der Waals surface area contributed by atoms with Crippen LogP contribution in [0.3, 0.4) is 0 Å². The number of anilines is 3. The Kier molecular flexibility index (Phi) is 6.56. The summed E-state index contributed by atoms with van der Waals surface area (Å²) in [5.74, 6) is 2.65. The van der Waals surface area contributed by atoms with Gasteiger partial charge in [0.1, 0.15) is 35.5 Å². The molecule has 1 atom stereocenters. The van der Waals surface area contributed by atoms with Crippen molar-refractivity contribution in [2.45, 2.75) is 13.8 Å². The number of fused-ring (bicyclic) bond motifs is 2. The lowest BCUT2D eigenvalue weighted by atomic mass is 10.0. The minimum absolute atomic E-state index is 0.0121. The molecular weight excluding hydrogens is 506 g/mol. The quantitative estimate of drug-likeness (QED) is 0.303.